The largest absolute Gasteiger partial charge is 0.257 e. The Morgan fingerprint density at radius 3 is 2.93 bits per heavy atom. The molecule has 2 rings (SSSR count). The van der Waals surface area contributed by atoms with Crippen molar-refractivity contribution in [3.63, 3.8) is 0 Å². The molecule has 1 aromatic carbocycles. The molecule has 0 spiro atoms. The molecule has 0 amide bonds. The van der Waals surface area contributed by atoms with Crippen LogP contribution in [0.5, 0.6) is 0 Å². The molecule has 0 atom stereocenters. The smallest absolute Gasteiger partial charge is 0.0454 e. The van der Waals surface area contributed by atoms with Crippen molar-refractivity contribution in [2.24, 2.45) is 0 Å². The van der Waals surface area contributed by atoms with E-state index in [1.165, 1.54) is 10.8 Å². The lowest BCUT2D eigenvalue weighted by Crippen LogP contribution is -1.91. The Kier molecular flexibility index (Phi) is 2.32. The molecule has 0 radical (unpaired) electrons. The van der Waals surface area contributed by atoms with Crippen LogP contribution in [0.3, 0.4) is 0 Å². The van der Waals surface area contributed by atoms with E-state index >= 15 is 0 Å². The molecule has 1 aromatic heterocycles. The topological polar surface area (TPSA) is 12.9 Å². The minimum absolute atomic E-state index is 0.839. The van der Waals surface area contributed by atoms with E-state index in [4.69, 9.17) is 0 Å². The minimum atomic E-state index is 0.839. The fourth-order valence-electron chi connectivity index (χ4n) is 1.69. The number of nitrogens with zero attached hydrogens (tertiary/aromatic N) is 1. The third-order valence-electron chi connectivity index (χ3n) is 2.34. The molecule has 2 aromatic rings. The molecule has 0 aliphatic carbocycles. The second-order valence-electron chi connectivity index (χ2n) is 3.41. The Bertz CT molecular complexity index is 472. The van der Waals surface area contributed by atoms with Gasteiger partial charge in [0.25, 0.3) is 0 Å². The fourth-order valence-corrected chi connectivity index (χ4v) is 1.69. The third kappa shape index (κ3) is 1.53. The molecular formula is C13H13N. The van der Waals surface area contributed by atoms with Crippen molar-refractivity contribution in [1.82, 2.24) is 4.98 Å². The average Bonchev–Trinajstić information content (AvgIpc) is 2.18. The molecule has 0 aliphatic rings. The minimum Gasteiger partial charge on any atom is -0.257 e. The highest BCUT2D eigenvalue weighted by Gasteiger charge is 1.99. The van der Waals surface area contributed by atoms with E-state index in [1.54, 1.807) is 0 Å². The van der Waals surface area contributed by atoms with Crippen molar-refractivity contribution in [2.75, 3.05) is 0 Å². The molecule has 0 aliphatic heterocycles. The predicted molar refractivity (Wildman–Crippen MR) is 60.4 cm³/mol. The zero-order valence-electron chi connectivity index (χ0n) is 8.33. The number of hydrogen-bond acceptors (Lipinski definition) is 1. The summed E-state index contributed by atoms with van der Waals surface area (Å²) in [6.07, 6.45) is 2.72. The number of hydrogen-bond donors (Lipinski definition) is 0. The monoisotopic (exact) mass is 183 g/mol. The lowest BCUT2D eigenvalue weighted by molar-refractivity contribution is 1.08. The third-order valence-corrected chi connectivity index (χ3v) is 2.34. The summed E-state index contributed by atoms with van der Waals surface area (Å²) in [5.41, 5.74) is 2.19. The first-order chi connectivity index (χ1) is 6.81. The Morgan fingerprint density at radius 1 is 1.36 bits per heavy atom. The SMILES string of the molecule is C=CCc1cc2ccccc2c(C)n1. The van der Waals surface area contributed by atoms with Gasteiger partial charge in [-0.25, -0.2) is 0 Å². The van der Waals surface area contributed by atoms with E-state index < -0.39 is 0 Å². The maximum Gasteiger partial charge on any atom is 0.0454 e. The first-order valence-corrected chi connectivity index (χ1v) is 4.77. The average molecular weight is 183 g/mol. The summed E-state index contributed by atoms with van der Waals surface area (Å²) in [7, 11) is 0. The van der Waals surface area contributed by atoms with Gasteiger partial charge in [-0.3, -0.25) is 4.98 Å². The van der Waals surface area contributed by atoms with Crippen LogP contribution >= 0.6 is 0 Å². The number of rotatable bonds is 2. The lowest BCUT2D eigenvalue weighted by atomic mass is 10.1. The van der Waals surface area contributed by atoms with Crippen LogP contribution in [-0.4, -0.2) is 4.98 Å². The maximum absolute atomic E-state index is 4.52. The van der Waals surface area contributed by atoms with Gasteiger partial charge in [0.1, 0.15) is 0 Å². The van der Waals surface area contributed by atoms with Crippen LogP contribution in [0.4, 0.5) is 0 Å². The van der Waals surface area contributed by atoms with Gasteiger partial charge in [-0.15, -0.1) is 6.58 Å². The Morgan fingerprint density at radius 2 is 2.14 bits per heavy atom. The van der Waals surface area contributed by atoms with Crippen LogP contribution in [0.25, 0.3) is 10.8 Å². The fraction of sp³-hybridized carbons (Fsp3) is 0.154. The van der Waals surface area contributed by atoms with Crippen LogP contribution in [0, 0.1) is 6.92 Å². The lowest BCUT2D eigenvalue weighted by Gasteiger charge is -2.04. The number of allylic oxidation sites excluding steroid dienone is 1. The van der Waals surface area contributed by atoms with Crippen molar-refractivity contribution in [1.29, 1.82) is 0 Å². The molecule has 70 valence electrons. The quantitative estimate of drug-likeness (QED) is 0.651. The van der Waals surface area contributed by atoms with E-state index in [0.29, 0.717) is 0 Å². The van der Waals surface area contributed by atoms with Gasteiger partial charge in [0.05, 0.1) is 0 Å². The van der Waals surface area contributed by atoms with Gasteiger partial charge in [-0.2, -0.15) is 0 Å². The molecule has 0 saturated heterocycles. The van der Waals surface area contributed by atoms with Crippen LogP contribution in [0.15, 0.2) is 43.0 Å². The molecule has 14 heavy (non-hydrogen) atoms. The van der Waals surface area contributed by atoms with Crippen LogP contribution < -0.4 is 0 Å². The van der Waals surface area contributed by atoms with Crippen molar-refractivity contribution in [3.8, 4) is 0 Å². The maximum atomic E-state index is 4.52. The number of aryl methyl sites for hydroxylation is 1. The number of aromatic nitrogens is 1. The van der Waals surface area contributed by atoms with Crippen LogP contribution in [0.1, 0.15) is 11.4 Å². The number of fused-ring (bicyclic) bond motifs is 1. The first-order valence-electron chi connectivity index (χ1n) is 4.77. The van der Waals surface area contributed by atoms with Crippen molar-refractivity contribution in [2.45, 2.75) is 13.3 Å². The Hall–Kier alpha value is -1.63. The predicted octanol–water partition coefficient (Wildman–Crippen LogP) is 3.27. The van der Waals surface area contributed by atoms with E-state index in [9.17, 15) is 0 Å². The van der Waals surface area contributed by atoms with Gasteiger partial charge in [-0.05, 0) is 18.4 Å². The summed E-state index contributed by atoms with van der Waals surface area (Å²) in [4.78, 5) is 4.52. The molecule has 1 heterocycles. The zero-order valence-corrected chi connectivity index (χ0v) is 8.33. The summed E-state index contributed by atoms with van der Waals surface area (Å²) in [6.45, 7) is 5.78. The van der Waals surface area contributed by atoms with E-state index in [1.807, 2.05) is 12.1 Å². The van der Waals surface area contributed by atoms with Gasteiger partial charge < -0.3 is 0 Å². The van der Waals surface area contributed by atoms with E-state index in [2.05, 4.69) is 42.8 Å². The van der Waals surface area contributed by atoms with Gasteiger partial charge in [0.15, 0.2) is 0 Å². The summed E-state index contributed by atoms with van der Waals surface area (Å²) >= 11 is 0. The van der Waals surface area contributed by atoms with Gasteiger partial charge in [0.2, 0.25) is 0 Å². The molecule has 0 fully saturated rings. The second-order valence-corrected chi connectivity index (χ2v) is 3.41. The standard InChI is InChI=1S/C13H13N/c1-3-6-12-9-11-7-4-5-8-13(11)10(2)14-12/h3-5,7-9H,1,6H2,2H3. The molecule has 0 saturated carbocycles. The highest BCUT2D eigenvalue weighted by Crippen LogP contribution is 2.17. The van der Waals surface area contributed by atoms with E-state index in [-0.39, 0.29) is 0 Å². The summed E-state index contributed by atoms with van der Waals surface area (Å²) < 4.78 is 0. The second kappa shape index (κ2) is 3.62. The highest BCUT2D eigenvalue weighted by atomic mass is 14.7. The molecule has 1 heteroatoms. The van der Waals surface area contributed by atoms with Crippen molar-refractivity contribution < 1.29 is 0 Å². The molecule has 1 nitrogen and oxygen atoms in total. The molecule has 0 unspecified atom stereocenters. The molecular weight excluding hydrogens is 170 g/mol. The number of pyridine rings is 1. The van der Waals surface area contributed by atoms with Crippen LogP contribution in [-0.2, 0) is 6.42 Å². The number of benzene rings is 1. The highest BCUT2D eigenvalue weighted by molar-refractivity contribution is 5.84. The van der Waals surface area contributed by atoms with Gasteiger partial charge in [0, 0.05) is 23.2 Å². The first kappa shape index (κ1) is 8.95. The molecule has 0 N–H and O–H groups in total. The van der Waals surface area contributed by atoms with Crippen molar-refractivity contribution >= 4 is 10.8 Å². The Balaban J connectivity index is 2.65. The molecule has 0 bridgehead atoms. The Labute approximate surface area is 84.1 Å². The van der Waals surface area contributed by atoms with Gasteiger partial charge >= 0.3 is 0 Å². The summed E-state index contributed by atoms with van der Waals surface area (Å²) in [6, 6.07) is 10.5. The van der Waals surface area contributed by atoms with Crippen LogP contribution in [0.2, 0.25) is 0 Å². The summed E-state index contributed by atoms with van der Waals surface area (Å²) in [5.74, 6) is 0. The van der Waals surface area contributed by atoms with E-state index in [0.717, 1.165) is 17.8 Å². The van der Waals surface area contributed by atoms with Crippen molar-refractivity contribution in [3.05, 3.63) is 54.4 Å². The normalized spacial score (nSPS) is 10.4. The summed E-state index contributed by atoms with van der Waals surface area (Å²) in [5, 5.41) is 2.50. The van der Waals surface area contributed by atoms with Gasteiger partial charge in [-0.1, -0.05) is 30.3 Å². The zero-order chi connectivity index (χ0) is 9.97.